The lowest BCUT2D eigenvalue weighted by molar-refractivity contribution is 0.183. The number of fused-ring (bicyclic) bond motifs is 1. The Kier molecular flexibility index (Phi) is 5.79. The lowest BCUT2D eigenvalue weighted by Crippen LogP contribution is -2.28. The zero-order chi connectivity index (χ0) is 20.5. The molecule has 2 aromatic carbocycles. The zero-order valence-electron chi connectivity index (χ0n) is 16.6. The molecule has 1 atom stereocenters. The second kappa shape index (κ2) is 7.95. The Morgan fingerprint density at radius 1 is 1.18 bits per heavy atom. The Bertz CT molecular complexity index is 1080. The molecule has 1 aromatic heterocycles. The van der Waals surface area contributed by atoms with Crippen molar-refractivity contribution in [2.45, 2.75) is 31.8 Å². The number of para-hydroxylation sites is 1. The maximum atomic E-state index is 12.7. The minimum absolute atomic E-state index is 0.109. The zero-order valence-corrected chi connectivity index (χ0v) is 17.4. The number of benzene rings is 2. The van der Waals surface area contributed by atoms with Crippen molar-refractivity contribution in [3.8, 4) is 5.75 Å². The van der Waals surface area contributed by atoms with Gasteiger partial charge in [0.05, 0.1) is 17.6 Å². The van der Waals surface area contributed by atoms with Crippen molar-refractivity contribution in [1.29, 1.82) is 0 Å². The molecule has 0 aliphatic heterocycles. The molecule has 0 fully saturated rings. The molecule has 0 aliphatic carbocycles. The molecule has 3 rings (SSSR count). The first-order chi connectivity index (χ1) is 13.2. The van der Waals surface area contributed by atoms with E-state index < -0.39 is 16.1 Å². The Hall–Kier alpha value is -2.35. The van der Waals surface area contributed by atoms with Crippen molar-refractivity contribution in [2.24, 2.45) is 7.05 Å². The molecule has 7 heteroatoms. The van der Waals surface area contributed by atoms with E-state index in [0.29, 0.717) is 17.9 Å². The summed E-state index contributed by atoms with van der Waals surface area (Å²) in [5.74, 6) is 0.706. The van der Waals surface area contributed by atoms with Gasteiger partial charge in [-0.05, 0) is 50.1 Å². The molecule has 150 valence electrons. The van der Waals surface area contributed by atoms with E-state index in [2.05, 4.69) is 4.72 Å². The average molecular weight is 403 g/mol. The molecule has 0 saturated heterocycles. The highest BCUT2D eigenvalue weighted by Crippen LogP contribution is 2.28. The predicted molar refractivity (Wildman–Crippen MR) is 110 cm³/mol. The number of nitrogens with one attached hydrogen (secondary N) is 1. The normalized spacial score (nSPS) is 13.0. The standard InChI is InChI=1S/C21H26N2O4S/c1-5-27-21-14(2)10-16(11-15(21)3)28(25,26)22-12-20(24)18-13-23(4)19-9-7-6-8-17(18)19/h6-11,13,20,22,24H,5,12H2,1-4H3. The SMILES string of the molecule is CCOc1c(C)cc(S(=O)(=O)NCC(O)c2cn(C)c3ccccc23)cc1C. The molecular weight excluding hydrogens is 376 g/mol. The number of aryl methyl sites for hydroxylation is 3. The van der Waals surface area contributed by atoms with Crippen LogP contribution in [0.3, 0.4) is 0 Å². The van der Waals surface area contributed by atoms with E-state index in [4.69, 9.17) is 4.74 Å². The summed E-state index contributed by atoms with van der Waals surface area (Å²) in [5.41, 5.74) is 3.20. The van der Waals surface area contributed by atoms with E-state index in [0.717, 1.165) is 22.0 Å². The van der Waals surface area contributed by atoms with E-state index in [9.17, 15) is 13.5 Å². The number of aliphatic hydroxyl groups is 1. The van der Waals surface area contributed by atoms with Crippen molar-refractivity contribution in [3.05, 3.63) is 59.3 Å². The van der Waals surface area contributed by atoms with Gasteiger partial charge in [0.15, 0.2) is 0 Å². The van der Waals surface area contributed by atoms with Gasteiger partial charge in [-0.25, -0.2) is 13.1 Å². The van der Waals surface area contributed by atoms with Crippen molar-refractivity contribution in [1.82, 2.24) is 9.29 Å². The molecule has 0 radical (unpaired) electrons. The molecular formula is C21H26N2O4S. The predicted octanol–water partition coefficient (Wildman–Crippen LogP) is 3.21. The van der Waals surface area contributed by atoms with Gasteiger partial charge in [-0.3, -0.25) is 0 Å². The summed E-state index contributed by atoms with van der Waals surface area (Å²) < 4.78 is 35.5. The first-order valence-electron chi connectivity index (χ1n) is 9.20. The summed E-state index contributed by atoms with van der Waals surface area (Å²) in [6.07, 6.45) is 0.875. The minimum atomic E-state index is -3.76. The van der Waals surface area contributed by atoms with Crippen LogP contribution in [0, 0.1) is 13.8 Å². The summed E-state index contributed by atoms with van der Waals surface area (Å²) >= 11 is 0. The van der Waals surface area contributed by atoms with Gasteiger partial charge in [-0.15, -0.1) is 0 Å². The van der Waals surface area contributed by atoms with Gasteiger partial charge in [-0.1, -0.05) is 18.2 Å². The van der Waals surface area contributed by atoms with Crippen LogP contribution in [0.2, 0.25) is 0 Å². The number of aliphatic hydroxyl groups excluding tert-OH is 1. The number of hydrogen-bond donors (Lipinski definition) is 2. The summed E-state index contributed by atoms with van der Waals surface area (Å²) in [7, 11) is -1.86. The van der Waals surface area contributed by atoms with Crippen LogP contribution in [-0.2, 0) is 17.1 Å². The van der Waals surface area contributed by atoms with Crippen LogP contribution in [0.25, 0.3) is 10.9 Å². The van der Waals surface area contributed by atoms with Crippen LogP contribution >= 0.6 is 0 Å². The van der Waals surface area contributed by atoms with Gasteiger partial charge >= 0.3 is 0 Å². The van der Waals surface area contributed by atoms with Crippen LogP contribution in [0.15, 0.2) is 47.5 Å². The molecule has 2 N–H and O–H groups in total. The van der Waals surface area contributed by atoms with E-state index >= 15 is 0 Å². The molecule has 3 aromatic rings. The third-order valence-corrected chi connectivity index (χ3v) is 6.19. The molecule has 1 heterocycles. The highest BCUT2D eigenvalue weighted by molar-refractivity contribution is 7.89. The van der Waals surface area contributed by atoms with Gasteiger partial charge in [0, 0.05) is 36.3 Å². The van der Waals surface area contributed by atoms with Crippen LogP contribution < -0.4 is 9.46 Å². The fourth-order valence-corrected chi connectivity index (χ4v) is 4.67. The number of ether oxygens (including phenoxy) is 1. The lowest BCUT2D eigenvalue weighted by Gasteiger charge is -2.15. The van der Waals surface area contributed by atoms with Crippen molar-refractivity contribution in [3.63, 3.8) is 0 Å². The molecule has 0 saturated carbocycles. The van der Waals surface area contributed by atoms with Crippen LogP contribution in [0.1, 0.15) is 29.7 Å². The van der Waals surface area contributed by atoms with Gasteiger partial charge in [-0.2, -0.15) is 0 Å². The molecule has 0 bridgehead atoms. The number of hydrogen-bond acceptors (Lipinski definition) is 4. The van der Waals surface area contributed by atoms with Gasteiger partial charge < -0.3 is 14.4 Å². The number of nitrogens with zero attached hydrogens (tertiary/aromatic N) is 1. The fraction of sp³-hybridized carbons (Fsp3) is 0.333. The molecule has 6 nitrogen and oxygen atoms in total. The number of aromatic nitrogens is 1. The topological polar surface area (TPSA) is 80.6 Å². The largest absolute Gasteiger partial charge is 0.493 e. The third-order valence-electron chi connectivity index (χ3n) is 4.79. The van der Waals surface area contributed by atoms with E-state index in [1.54, 1.807) is 12.1 Å². The molecule has 0 amide bonds. The molecule has 1 unspecified atom stereocenters. The van der Waals surface area contributed by atoms with Crippen LogP contribution in [0.4, 0.5) is 0 Å². The number of rotatable bonds is 7. The minimum Gasteiger partial charge on any atom is -0.493 e. The van der Waals surface area contributed by atoms with Gasteiger partial charge in [0.1, 0.15) is 5.75 Å². The Morgan fingerprint density at radius 3 is 2.46 bits per heavy atom. The lowest BCUT2D eigenvalue weighted by atomic mass is 10.1. The monoisotopic (exact) mass is 402 g/mol. The maximum absolute atomic E-state index is 12.7. The van der Waals surface area contributed by atoms with Crippen molar-refractivity contribution in [2.75, 3.05) is 13.2 Å². The second-order valence-corrected chi connectivity index (χ2v) is 8.67. The Balaban J connectivity index is 1.81. The maximum Gasteiger partial charge on any atom is 0.240 e. The molecule has 28 heavy (non-hydrogen) atoms. The van der Waals surface area contributed by atoms with Crippen molar-refractivity contribution >= 4 is 20.9 Å². The van der Waals surface area contributed by atoms with Gasteiger partial charge in [0.2, 0.25) is 10.0 Å². The average Bonchev–Trinajstić information content (AvgIpc) is 3.00. The van der Waals surface area contributed by atoms with Crippen LogP contribution in [-0.4, -0.2) is 31.2 Å². The highest BCUT2D eigenvalue weighted by Gasteiger charge is 2.21. The molecule has 0 spiro atoms. The Morgan fingerprint density at radius 2 is 1.82 bits per heavy atom. The quantitative estimate of drug-likeness (QED) is 0.636. The Labute approximate surface area is 165 Å². The highest BCUT2D eigenvalue weighted by atomic mass is 32.2. The van der Waals surface area contributed by atoms with Crippen LogP contribution in [0.5, 0.6) is 5.75 Å². The molecule has 0 aliphatic rings. The summed E-state index contributed by atoms with van der Waals surface area (Å²) in [6.45, 7) is 5.94. The fourth-order valence-electron chi connectivity index (χ4n) is 3.46. The second-order valence-electron chi connectivity index (χ2n) is 6.90. The van der Waals surface area contributed by atoms with E-state index in [1.165, 1.54) is 0 Å². The summed E-state index contributed by atoms with van der Waals surface area (Å²) in [6, 6.07) is 10.9. The first-order valence-corrected chi connectivity index (χ1v) is 10.7. The number of sulfonamides is 1. The van der Waals surface area contributed by atoms with E-state index in [1.807, 2.05) is 62.8 Å². The summed E-state index contributed by atoms with van der Waals surface area (Å²) in [4.78, 5) is 0.163. The first kappa shape index (κ1) is 20.4. The summed E-state index contributed by atoms with van der Waals surface area (Å²) in [5, 5.41) is 11.5. The van der Waals surface area contributed by atoms with E-state index in [-0.39, 0.29) is 11.4 Å². The van der Waals surface area contributed by atoms with Crippen molar-refractivity contribution < 1.29 is 18.3 Å². The smallest absolute Gasteiger partial charge is 0.240 e. The van der Waals surface area contributed by atoms with Gasteiger partial charge in [0.25, 0.3) is 0 Å². The third kappa shape index (κ3) is 3.92.